The Morgan fingerprint density at radius 2 is 1.40 bits per heavy atom. The molecule has 2 heteroatoms. The Morgan fingerprint density at radius 1 is 0.840 bits per heavy atom. The standard InChI is InChI=1S/C23H28O2/c1-23(2,3)20-13-9-19(10-14-20)22(24)25-21-15-11-18(12-16-21)17-7-5-4-6-8-17/h4-8,11-12,15-16,19-20H,9-10,13-14H2,1-3H3. The van der Waals surface area contributed by atoms with Gasteiger partial charge in [-0.2, -0.15) is 0 Å². The molecule has 0 saturated heterocycles. The number of carbonyl (C=O) groups excluding carboxylic acids is 1. The third-order valence-corrected chi connectivity index (χ3v) is 5.47. The molecule has 2 aromatic carbocycles. The Labute approximate surface area is 151 Å². The maximum Gasteiger partial charge on any atom is 0.314 e. The zero-order valence-corrected chi connectivity index (χ0v) is 15.5. The average molecular weight is 336 g/mol. The van der Waals surface area contributed by atoms with Crippen molar-refractivity contribution in [2.75, 3.05) is 0 Å². The van der Waals surface area contributed by atoms with Gasteiger partial charge in [0.25, 0.3) is 0 Å². The van der Waals surface area contributed by atoms with Gasteiger partial charge in [0.15, 0.2) is 0 Å². The van der Waals surface area contributed by atoms with E-state index in [0.717, 1.165) is 31.2 Å². The minimum atomic E-state index is -0.0696. The van der Waals surface area contributed by atoms with Gasteiger partial charge in [0.1, 0.15) is 5.75 Å². The fourth-order valence-corrected chi connectivity index (χ4v) is 3.74. The topological polar surface area (TPSA) is 26.3 Å². The first-order valence-electron chi connectivity index (χ1n) is 9.30. The van der Waals surface area contributed by atoms with Crippen LogP contribution in [0.4, 0.5) is 0 Å². The molecule has 1 aliphatic rings. The quantitative estimate of drug-likeness (QED) is 0.499. The highest BCUT2D eigenvalue weighted by atomic mass is 16.5. The second-order valence-electron chi connectivity index (χ2n) is 8.23. The molecule has 0 amide bonds. The van der Waals surface area contributed by atoms with E-state index in [9.17, 15) is 4.79 Å². The van der Waals surface area contributed by atoms with Crippen LogP contribution in [0.5, 0.6) is 5.75 Å². The van der Waals surface area contributed by atoms with E-state index in [0.29, 0.717) is 17.1 Å². The third kappa shape index (κ3) is 4.50. The predicted molar refractivity (Wildman–Crippen MR) is 102 cm³/mol. The highest BCUT2D eigenvalue weighted by Gasteiger charge is 2.33. The Balaban J connectivity index is 1.57. The summed E-state index contributed by atoms with van der Waals surface area (Å²) in [5, 5.41) is 0. The molecule has 0 atom stereocenters. The first kappa shape index (κ1) is 17.7. The van der Waals surface area contributed by atoms with Gasteiger partial charge >= 0.3 is 5.97 Å². The number of hydrogen-bond donors (Lipinski definition) is 0. The van der Waals surface area contributed by atoms with Gasteiger partial charge in [0.2, 0.25) is 0 Å². The van der Waals surface area contributed by atoms with Crippen LogP contribution in [-0.4, -0.2) is 5.97 Å². The van der Waals surface area contributed by atoms with Crippen LogP contribution in [0, 0.1) is 17.3 Å². The molecule has 1 fully saturated rings. The lowest BCUT2D eigenvalue weighted by molar-refractivity contribution is -0.140. The van der Waals surface area contributed by atoms with Gasteiger partial charge in [-0.25, -0.2) is 0 Å². The number of ether oxygens (including phenoxy) is 1. The van der Waals surface area contributed by atoms with Gasteiger partial charge in [0.05, 0.1) is 5.92 Å². The van der Waals surface area contributed by atoms with Crippen molar-refractivity contribution in [2.24, 2.45) is 17.3 Å². The molecule has 1 aliphatic carbocycles. The highest BCUT2D eigenvalue weighted by Crippen LogP contribution is 2.40. The molecule has 1 saturated carbocycles. The van der Waals surface area contributed by atoms with E-state index in [2.05, 4.69) is 32.9 Å². The number of benzene rings is 2. The summed E-state index contributed by atoms with van der Waals surface area (Å²) in [7, 11) is 0. The molecular weight excluding hydrogens is 308 g/mol. The van der Waals surface area contributed by atoms with Crippen LogP contribution in [0.3, 0.4) is 0 Å². The first-order chi connectivity index (χ1) is 11.9. The molecule has 0 N–H and O–H groups in total. The van der Waals surface area contributed by atoms with Crippen molar-refractivity contribution >= 4 is 5.97 Å². The van der Waals surface area contributed by atoms with Crippen molar-refractivity contribution in [3.8, 4) is 16.9 Å². The summed E-state index contributed by atoms with van der Waals surface area (Å²) in [5.74, 6) is 1.33. The maximum absolute atomic E-state index is 12.5. The lowest BCUT2D eigenvalue weighted by Crippen LogP contribution is -2.30. The lowest BCUT2D eigenvalue weighted by atomic mass is 9.70. The summed E-state index contributed by atoms with van der Waals surface area (Å²) in [6.07, 6.45) is 4.14. The molecule has 0 spiro atoms. The monoisotopic (exact) mass is 336 g/mol. The number of rotatable bonds is 3. The van der Waals surface area contributed by atoms with Crippen molar-refractivity contribution in [2.45, 2.75) is 46.5 Å². The zero-order valence-electron chi connectivity index (χ0n) is 15.5. The number of carbonyl (C=O) groups is 1. The summed E-state index contributed by atoms with van der Waals surface area (Å²) >= 11 is 0. The van der Waals surface area contributed by atoms with Crippen molar-refractivity contribution < 1.29 is 9.53 Å². The lowest BCUT2D eigenvalue weighted by Gasteiger charge is -2.36. The van der Waals surface area contributed by atoms with E-state index >= 15 is 0 Å². The van der Waals surface area contributed by atoms with E-state index < -0.39 is 0 Å². The average Bonchev–Trinajstić information content (AvgIpc) is 2.62. The van der Waals surface area contributed by atoms with Gasteiger partial charge in [-0.3, -0.25) is 4.79 Å². The van der Waals surface area contributed by atoms with Crippen molar-refractivity contribution in [1.82, 2.24) is 0 Å². The normalized spacial score (nSPS) is 20.9. The largest absolute Gasteiger partial charge is 0.426 e. The van der Waals surface area contributed by atoms with Crippen molar-refractivity contribution in [3.63, 3.8) is 0 Å². The van der Waals surface area contributed by atoms with Gasteiger partial charge in [-0.05, 0) is 60.3 Å². The summed E-state index contributed by atoms with van der Waals surface area (Å²) in [5.41, 5.74) is 2.63. The Hall–Kier alpha value is -2.09. The molecule has 132 valence electrons. The summed E-state index contributed by atoms with van der Waals surface area (Å²) in [4.78, 5) is 12.5. The van der Waals surface area contributed by atoms with Crippen LogP contribution in [0.2, 0.25) is 0 Å². The Morgan fingerprint density at radius 3 is 1.96 bits per heavy atom. The zero-order chi connectivity index (χ0) is 17.9. The van der Waals surface area contributed by atoms with Gasteiger partial charge in [0, 0.05) is 0 Å². The van der Waals surface area contributed by atoms with Crippen molar-refractivity contribution in [1.29, 1.82) is 0 Å². The number of esters is 1. The molecule has 0 unspecified atom stereocenters. The van der Waals surface area contributed by atoms with Crippen LogP contribution in [-0.2, 0) is 4.79 Å². The fourth-order valence-electron chi connectivity index (χ4n) is 3.74. The van der Waals surface area contributed by atoms with Crippen LogP contribution in [0.15, 0.2) is 54.6 Å². The summed E-state index contributed by atoms with van der Waals surface area (Å²) in [6, 6.07) is 18.0. The molecular formula is C23H28O2. The van der Waals surface area contributed by atoms with E-state index in [1.54, 1.807) is 0 Å². The molecule has 2 aromatic rings. The maximum atomic E-state index is 12.5. The second-order valence-corrected chi connectivity index (χ2v) is 8.23. The van der Waals surface area contributed by atoms with E-state index in [-0.39, 0.29) is 11.9 Å². The minimum Gasteiger partial charge on any atom is -0.426 e. The third-order valence-electron chi connectivity index (χ3n) is 5.47. The van der Waals surface area contributed by atoms with Gasteiger partial charge < -0.3 is 4.74 Å². The second kappa shape index (κ2) is 7.43. The molecule has 3 rings (SSSR count). The SMILES string of the molecule is CC(C)(C)C1CCC(C(=O)Oc2ccc(-c3ccccc3)cc2)CC1. The highest BCUT2D eigenvalue weighted by molar-refractivity contribution is 5.75. The molecule has 0 bridgehead atoms. The molecule has 25 heavy (non-hydrogen) atoms. The smallest absolute Gasteiger partial charge is 0.314 e. The minimum absolute atomic E-state index is 0.0485. The predicted octanol–water partition coefficient (Wildman–Crippen LogP) is 6.11. The van der Waals surface area contributed by atoms with Gasteiger partial charge in [-0.15, -0.1) is 0 Å². The fraction of sp³-hybridized carbons (Fsp3) is 0.435. The molecule has 0 radical (unpaired) electrons. The number of hydrogen-bond acceptors (Lipinski definition) is 2. The molecule has 0 heterocycles. The van der Waals surface area contributed by atoms with E-state index in [1.165, 1.54) is 5.56 Å². The molecule has 0 aromatic heterocycles. The first-order valence-corrected chi connectivity index (χ1v) is 9.30. The van der Waals surface area contributed by atoms with Crippen LogP contribution in [0.1, 0.15) is 46.5 Å². The molecule has 2 nitrogen and oxygen atoms in total. The summed E-state index contributed by atoms with van der Waals surface area (Å²) in [6.45, 7) is 6.89. The van der Waals surface area contributed by atoms with E-state index in [4.69, 9.17) is 4.74 Å². The van der Waals surface area contributed by atoms with Crippen LogP contribution < -0.4 is 4.74 Å². The Kier molecular flexibility index (Phi) is 5.27. The van der Waals surface area contributed by atoms with Crippen LogP contribution in [0.25, 0.3) is 11.1 Å². The van der Waals surface area contributed by atoms with Crippen molar-refractivity contribution in [3.05, 3.63) is 54.6 Å². The van der Waals surface area contributed by atoms with E-state index in [1.807, 2.05) is 42.5 Å². The summed E-state index contributed by atoms with van der Waals surface area (Å²) < 4.78 is 5.63. The van der Waals surface area contributed by atoms with Gasteiger partial charge in [-0.1, -0.05) is 63.2 Å². The van der Waals surface area contributed by atoms with Crippen LogP contribution >= 0.6 is 0 Å². The Bertz CT molecular complexity index is 687. The molecule has 0 aliphatic heterocycles.